The molecule has 1 aromatic carbocycles. The van der Waals surface area contributed by atoms with Crippen LogP contribution in [0.4, 0.5) is 0 Å². The van der Waals surface area contributed by atoms with Gasteiger partial charge in [0.15, 0.2) is 0 Å². The van der Waals surface area contributed by atoms with Crippen LogP contribution in [0.3, 0.4) is 0 Å². The number of nitrogens with two attached hydrogens (primary N) is 1. The normalized spacial score (nSPS) is 15.4. The molecule has 0 aromatic heterocycles. The van der Waals surface area contributed by atoms with E-state index in [1.807, 2.05) is 30.4 Å². The van der Waals surface area contributed by atoms with Crippen LogP contribution in [-0.4, -0.2) is 25.6 Å². The number of ether oxygens (including phenoxy) is 1. The summed E-state index contributed by atoms with van der Waals surface area (Å²) in [6.45, 7) is 2.01. The number of rotatable bonds is 3. The van der Waals surface area contributed by atoms with E-state index in [0.717, 1.165) is 23.6 Å². The fraction of sp³-hybridized carbons (Fsp3) is 0.250. The number of hydrogen-bond acceptors (Lipinski definition) is 3. The Bertz CT molecular complexity index is 396. The van der Waals surface area contributed by atoms with E-state index < -0.39 is 0 Å². The molecule has 0 radical (unpaired) electrons. The first-order valence-electron chi connectivity index (χ1n) is 5.04. The second-order valence-electron chi connectivity index (χ2n) is 3.30. The maximum atomic E-state index is 5.40. The van der Waals surface area contributed by atoms with Gasteiger partial charge in [0.05, 0.1) is 6.54 Å². The van der Waals surface area contributed by atoms with Crippen LogP contribution in [0.1, 0.15) is 11.1 Å². The van der Waals surface area contributed by atoms with Crippen molar-refractivity contribution in [1.29, 1.82) is 0 Å². The largest absolute Gasteiger partial charge is 0.476 e. The average Bonchev–Trinajstić information content (AvgIpc) is 2.80. The van der Waals surface area contributed by atoms with E-state index in [-0.39, 0.29) is 0 Å². The van der Waals surface area contributed by atoms with Crippen LogP contribution in [0.15, 0.2) is 35.3 Å². The van der Waals surface area contributed by atoms with Crippen LogP contribution in [-0.2, 0) is 4.74 Å². The first-order valence-corrected chi connectivity index (χ1v) is 5.04. The molecule has 2 rings (SSSR count). The van der Waals surface area contributed by atoms with Crippen molar-refractivity contribution >= 4 is 12.0 Å². The maximum Gasteiger partial charge on any atom is 0.216 e. The predicted octanol–water partition coefficient (Wildman–Crippen LogP) is 1.44. The molecule has 0 bridgehead atoms. The highest BCUT2D eigenvalue weighted by Gasteiger charge is 2.09. The minimum Gasteiger partial charge on any atom is -0.476 e. The standard InChI is InChI=1S/C12H14N2O/c13-6-2-4-10-3-1-5-11(9-10)12-14-7-8-15-12/h1-5,9H,6-8,13H2/b4-2+. The molecule has 78 valence electrons. The van der Waals surface area contributed by atoms with Gasteiger partial charge >= 0.3 is 0 Å². The van der Waals surface area contributed by atoms with Gasteiger partial charge in [0.1, 0.15) is 6.61 Å². The summed E-state index contributed by atoms with van der Waals surface area (Å²) < 4.78 is 5.40. The van der Waals surface area contributed by atoms with E-state index in [4.69, 9.17) is 10.5 Å². The Hall–Kier alpha value is -1.61. The second kappa shape index (κ2) is 4.75. The van der Waals surface area contributed by atoms with Crippen molar-refractivity contribution in [1.82, 2.24) is 0 Å². The Morgan fingerprint density at radius 3 is 3.13 bits per heavy atom. The Morgan fingerprint density at radius 1 is 1.47 bits per heavy atom. The minimum absolute atomic E-state index is 0.557. The number of benzene rings is 1. The van der Waals surface area contributed by atoms with Crippen molar-refractivity contribution in [3.05, 3.63) is 41.5 Å². The predicted molar refractivity (Wildman–Crippen MR) is 61.9 cm³/mol. The van der Waals surface area contributed by atoms with Gasteiger partial charge in [-0.25, -0.2) is 4.99 Å². The quantitative estimate of drug-likeness (QED) is 0.806. The van der Waals surface area contributed by atoms with Gasteiger partial charge in [-0.3, -0.25) is 0 Å². The van der Waals surface area contributed by atoms with Crippen LogP contribution in [0.2, 0.25) is 0 Å². The third-order valence-electron chi connectivity index (χ3n) is 2.17. The lowest BCUT2D eigenvalue weighted by Gasteiger charge is -2.02. The van der Waals surface area contributed by atoms with Crippen molar-refractivity contribution in [3.63, 3.8) is 0 Å². The van der Waals surface area contributed by atoms with Crippen molar-refractivity contribution in [3.8, 4) is 0 Å². The number of aliphatic imine (C=N–C) groups is 1. The Morgan fingerprint density at radius 2 is 2.40 bits per heavy atom. The molecule has 0 spiro atoms. The summed E-state index contributed by atoms with van der Waals surface area (Å²) in [6.07, 6.45) is 3.93. The summed E-state index contributed by atoms with van der Waals surface area (Å²) in [5, 5.41) is 0. The molecule has 0 unspecified atom stereocenters. The maximum absolute atomic E-state index is 5.40. The molecule has 1 heterocycles. The lowest BCUT2D eigenvalue weighted by atomic mass is 10.1. The summed E-state index contributed by atoms with van der Waals surface area (Å²) in [7, 11) is 0. The van der Waals surface area contributed by atoms with Crippen molar-refractivity contribution in [2.45, 2.75) is 0 Å². The molecular formula is C12H14N2O. The van der Waals surface area contributed by atoms with Crippen LogP contribution in [0.25, 0.3) is 6.08 Å². The Kier molecular flexibility index (Phi) is 3.15. The SMILES string of the molecule is NC/C=C/c1cccc(C2=NCCO2)c1. The molecule has 0 saturated carbocycles. The zero-order valence-corrected chi connectivity index (χ0v) is 8.52. The van der Waals surface area contributed by atoms with E-state index in [1.54, 1.807) is 0 Å². The summed E-state index contributed by atoms with van der Waals surface area (Å²) in [6, 6.07) is 8.08. The number of nitrogens with zero attached hydrogens (tertiary/aromatic N) is 1. The summed E-state index contributed by atoms with van der Waals surface area (Å²) >= 11 is 0. The molecule has 0 aliphatic carbocycles. The van der Waals surface area contributed by atoms with E-state index in [2.05, 4.69) is 11.1 Å². The van der Waals surface area contributed by atoms with Gasteiger partial charge in [0.2, 0.25) is 5.90 Å². The molecule has 3 heteroatoms. The molecule has 2 N–H and O–H groups in total. The van der Waals surface area contributed by atoms with Gasteiger partial charge in [-0.2, -0.15) is 0 Å². The van der Waals surface area contributed by atoms with Crippen LogP contribution >= 0.6 is 0 Å². The first kappa shape index (κ1) is 9.93. The van der Waals surface area contributed by atoms with Crippen LogP contribution in [0.5, 0.6) is 0 Å². The molecule has 15 heavy (non-hydrogen) atoms. The summed E-state index contributed by atoms with van der Waals surface area (Å²) in [5.74, 6) is 0.748. The third kappa shape index (κ3) is 2.44. The van der Waals surface area contributed by atoms with Gasteiger partial charge in [-0.05, 0) is 17.7 Å². The third-order valence-corrected chi connectivity index (χ3v) is 2.17. The fourth-order valence-corrected chi connectivity index (χ4v) is 1.49. The smallest absolute Gasteiger partial charge is 0.216 e. The van der Waals surface area contributed by atoms with Gasteiger partial charge in [0, 0.05) is 12.1 Å². The van der Waals surface area contributed by atoms with Gasteiger partial charge in [0.25, 0.3) is 0 Å². The van der Waals surface area contributed by atoms with E-state index in [9.17, 15) is 0 Å². The highest BCUT2D eigenvalue weighted by atomic mass is 16.5. The fourth-order valence-electron chi connectivity index (χ4n) is 1.49. The molecule has 0 amide bonds. The lowest BCUT2D eigenvalue weighted by molar-refractivity contribution is 0.348. The van der Waals surface area contributed by atoms with Gasteiger partial charge in [-0.15, -0.1) is 0 Å². The molecule has 1 aliphatic heterocycles. The van der Waals surface area contributed by atoms with E-state index >= 15 is 0 Å². The molecule has 0 fully saturated rings. The number of hydrogen-bond donors (Lipinski definition) is 1. The monoisotopic (exact) mass is 202 g/mol. The second-order valence-corrected chi connectivity index (χ2v) is 3.30. The first-order chi connectivity index (χ1) is 7.40. The highest BCUT2D eigenvalue weighted by molar-refractivity contribution is 5.95. The van der Waals surface area contributed by atoms with E-state index in [0.29, 0.717) is 13.2 Å². The zero-order valence-electron chi connectivity index (χ0n) is 8.52. The zero-order chi connectivity index (χ0) is 10.5. The highest BCUT2D eigenvalue weighted by Crippen LogP contribution is 2.11. The Labute approximate surface area is 89.3 Å². The summed E-state index contributed by atoms with van der Waals surface area (Å²) in [5.41, 5.74) is 7.56. The van der Waals surface area contributed by atoms with E-state index in [1.165, 1.54) is 0 Å². The Balaban J connectivity index is 2.22. The molecule has 1 aliphatic rings. The van der Waals surface area contributed by atoms with Crippen molar-refractivity contribution in [2.24, 2.45) is 10.7 Å². The molecular weight excluding hydrogens is 188 g/mol. The molecule has 3 nitrogen and oxygen atoms in total. The molecule has 0 saturated heterocycles. The van der Waals surface area contributed by atoms with Crippen LogP contribution < -0.4 is 5.73 Å². The topological polar surface area (TPSA) is 47.6 Å². The molecule has 1 aromatic rings. The summed E-state index contributed by atoms with van der Waals surface area (Å²) in [4.78, 5) is 4.27. The van der Waals surface area contributed by atoms with Crippen molar-refractivity contribution in [2.75, 3.05) is 19.7 Å². The van der Waals surface area contributed by atoms with Crippen molar-refractivity contribution < 1.29 is 4.74 Å². The van der Waals surface area contributed by atoms with Gasteiger partial charge in [-0.1, -0.05) is 24.3 Å². The average molecular weight is 202 g/mol. The molecule has 0 atom stereocenters. The van der Waals surface area contributed by atoms with Crippen LogP contribution in [0, 0.1) is 0 Å². The van der Waals surface area contributed by atoms with Gasteiger partial charge < -0.3 is 10.5 Å². The minimum atomic E-state index is 0.557. The lowest BCUT2D eigenvalue weighted by Crippen LogP contribution is -2.00.